The van der Waals surface area contributed by atoms with E-state index in [4.69, 9.17) is 0 Å². The smallest absolute Gasteiger partial charge is 0.166 e. The Hall–Kier alpha value is -1.20. The summed E-state index contributed by atoms with van der Waals surface area (Å²) >= 11 is 0. The molecule has 0 saturated heterocycles. The van der Waals surface area contributed by atoms with Crippen molar-refractivity contribution < 1.29 is 26.3 Å². The third-order valence-corrected chi connectivity index (χ3v) is 2.79. The van der Waals surface area contributed by atoms with E-state index in [0.717, 1.165) is 18.6 Å². The molecule has 0 amide bonds. The summed E-state index contributed by atoms with van der Waals surface area (Å²) in [5.74, 6) is 0. The van der Waals surface area contributed by atoms with Crippen molar-refractivity contribution in [3.05, 3.63) is 34.9 Å². The highest BCUT2D eigenvalue weighted by atomic mass is 19.4. The highest BCUT2D eigenvalue weighted by Crippen LogP contribution is 2.42. The van der Waals surface area contributed by atoms with Gasteiger partial charge in [-0.3, -0.25) is 0 Å². The van der Waals surface area contributed by atoms with Crippen molar-refractivity contribution in [3.8, 4) is 0 Å². The minimum Gasteiger partial charge on any atom is -0.166 e. The maximum atomic E-state index is 12.8. The highest BCUT2D eigenvalue weighted by Gasteiger charge is 2.44. The molecule has 0 atom stereocenters. The van der Waals surface area contributed by atoms with Gasteiger partial charge in [0.05, 0.1) is 11.1 Å². The van der Waals surface area contributed by atoms with E-state index in [9.17, 15) is 26.3 Å². The van der Waals surface area contributed by atoms with Crippen LogP contribution in [0, 0.1) is 0 Å². The molecule has 0 unspecified atom stereocenters. The van der Waals surface area contributed by atoms with Crippen LogP contribution < -0.4 is 0 Å². The normalized spacial score (nSPS) is 12.8. The average molecular weight is 284 g/mol. The maximum absolute atomic E-state index is 12.8. The van der Waals surface area contributed by atoms with Gasteiger partial charge in [-0.05, 0) is 24.5 Å². The predicted octanol–water partition coefficient (Wildman–Crippen LogP) is 5.46. The Morgan fingerprint density at radius 3 is 2.00 bits per heavy atom. The Labute approximate surface area is 107 Å². The zero-order valence-corrected chi connectivity index (χ0v) is 10.3. The summed E-state index contributed by atoms with van der Waals surface area (Å²) in [4.78, 5) is 0. The third kappa shape index (κ3) is 4.14. The minimum atomic E-state index is -4.99. The molecule has 0 fully saturated rings. The van der Waals surface area contributed by atoms with Gasteiger partial charge in [-0.25, -0.2) is 0 Å². The van der Waals surface area contributed by atoms with E-state index in [-0.39, 0.29) is 12.0 Å². The van der Waals surface area contributed by atoms with Gasteiger partial charge in [0.25, 0.3) is 0 Å². The summed E-state index contributed by atoms with van der Waals surface area (Å²) in [6, 6.07) is 2.62. The first-order valence-corrected chi connectivity index (χ1v) is 5.94. The lowest BCUT2D eigenvalue weighted by molar-refractivity contribution is -0.162. The number of rotatable bonds is 4. The second-order valence-electron chi connectivity index (χ2n) is 4.29. The van der Waals surface area contributed by atoms with Gasteiger partial charge >= 0.3 is 12.4 Å². The molecule has 0 saturated carbocycles. The SMILES string of the molecule is CCCCCc1cccc(C(F)(F)F)c1C(F)(F)F. The Kier molecular flexibility index (Phi) is 4.87. The first-order valence-electron chi connectivity index (χ1n) is 5.94. The lowest BCUT2D eigenvalue weighted by Crippen LogP contribution is -2.19. The largest absolute Gasteiger partial charge is 0.417 e. The molecule has 0 aromatic heterocycles. The molecule has 108 valence electrons. The molecular weight excluding hydrogens is 270 g/mol. The van der Waals surface area contributed by atoms with Gasteiger partial charge in [-0.1, -0.05) is 31.9 Å². The second kappa shape index (κ2) is 5.84. The highest BCUT2D eigenvalue weighted by molar-refractivity contribution is 5.39. The van der Waals surface area contributed by atoms with Gasteiger partial charge in [0, 0.05) is 0 Å². The fourth-order valence-electron chi connectivity index (χ4n) is 1.94. The molecule has 0 aliphatic carbocycles. The molecule has 0 aliphatic rings. The van der Waals surface area contributed by atoms with Crippen molar-refractivity contribution in [3.63, 3.8) is 0 Å². The molecular formula is C13H14F6. The second-order valence-corrected chi connectivity index (χ2v) is 4.29. The molecule has 0 nitrogen and oxygen atoms in total. The van der Waals surface area contributed by atoms with Crippen molar-refractivity contribution in [2.24, 2.45) is 0 Å². The van der Waals surface area contributed by atoms with Gasteiger partial charge in [0.1, 0.15) is 0 Å². The number of hydrogen-bond donors (Lipinski definition) is 0. The molecule has 6 heteroatoms. The van der Waals surface area contributed by atoms with Crippen molar-refractivity contribution in [2.45, 2.75) is 45.0 Å². The Balaban J connectivity index is 3.24. The van der Waals surface area contributed by atoms with E-state index in [1.807, 2.05) is 6.92 Å². The monoisotopic (exact) mass is 284 g/mol. The van der Waals surface area contributed by atoms with E-state index < -0.39 is 23.5 Å². The van der Waals surface area contributed by atoms with Gasteiger partial charge in [-0.2, -0.15) is 26.3 Å². The van der Waals surface area contributed by atoms with E-state index in [0.29, 0.717) is 18.9 Å². The van der Waals surface area contributed by atoms with Crippen LogP contribution in [0.4, 0.5) is 26.3 Å². The number of unbranched alkanes of at least 4 members (excludes halogenated alkanes) is 2. The number of alkyl halides is 6. The summed E-state index contributed by atoms with van der Waals surface area (Å²) in [5, 5.41) is 0. The molecule has 0 aliphatic heterocycles. The van der Waals surface area contributed by atoms with Crippen LogP contribution in [0.1, 0.15) is 42.9 Å². The standard InChI is InChI=1S/C13H14F6/c1-2-3-4-6-9-7-5-8-10(12(14,15)16)11(9)13(17,18)19/h5,7-8H,2-4,6H2,1H3. The maximum Gasteiger partial charge on any atom is 0.417 e. The van der Waals surface area contributed by atoms with Gasteiger partial charge in [-0.15, -0.1) is 0 Å². The van der Waals surface area contributed by atoms with E-state index in [2.05, 4.69) is 0 Å². The fourth-order valence-corrected chi connectivity index (χ4v) is 1.94. The zero-order chi connectivity index (χ0) is 14.7. The molecule has 19 heavy (non-hydrogen) atoms. The first-order chi connectivity index (χ1) is 8.68. The number of aryl methyl sites for hydroxylation is 1. The van der Waals surface area contributed by atoms with Crippen LogP contribution in [0.2, 0.25) is 0 Å². The van der Waals surface area contributed by atoms with Crippen molar-refractivity contribution in [1.29, 1.82) is 0 Å². The van der Waals surface area contributed by atoms with Gasteiger partial charge in [0.15, 0.2) is 0 Å². The van der Waals surface area contributed by atoms with E-state index in [1.54, 1.807) is 0 Å². The van der Waals surface area contributed by atoms with Crippen LogP contribution in [0.3, 0.4) is 0 Å². The van der Waals surface area contributed by atoms with Gasteiger partial charge in [0.2, 0.25) is 0 Å². The molecule has 0 N–H and O–H groups in total. The third-order valence-electron chi connectivity index (χ3n) is 2.79. The Morgan fingerprint density at radius 1 is 0.895 bits per heavy atom. The fraction of sp³-hybridized carbons (Fsp3) is 0.538. The van der Waals surface area contributed by atoms with Crippen LogP contribution in [0.5, 0.6) is 0 Å². The van der Waals surface area contributed by atoms with Crippen molar-refractivity contribution in [1.82, 2.24) is 0 Å². The number of benzene rings is 1. The Morgan fingerprint density at radius 2 is 1.53 bits per heavy atom. The molecule has 1 aromatic carbocycles. The quantitative estimate of drug-likeness (QED) is 0.509. The minimum absolute atomic E-state index is 0.00655. The molecule has 0 radical (unpaired) electrons. The van der Waals surface area contributed by atoms with Gasteiger partial charge < -0.3 is 0 Å². The van der Waals surface area contributed by atoms with E-state index in [1.165, 1.54) is 0 Å². The summed E-state index contributed by atoms with van der Waals surface area (Å²) in [6.45, 7) is 1.87. The zero-order valence-electron chi connectivity index (χ0n) is 10.3. The molecule has 1 rings (SSSR count). The summed E-state index contributed by atoms with van der Waals surface area (Å²) < 4.78 is 76.5. The molecule has 0 spiro atoms. The topological polar surface area (TPSA) is 0 Å². The van der Waals surface area contributed by atoms with Crippen LogP contribution in [-0.2, 0) is 18.8 Å². The first kappa shape index (κ1) is 15.9. The summed E-state index contributed by atoms with van der Waals surface area (Å²) in [6.07, 6.45) is -8.05. The lowest BCUT2D eigenvalue weighted by atomic mass is 9.96. The van der Waals surface area contributed by atoms with Crippen LogP contribution in [0.25, 0.3) is 0 Å². The lowest BCUT2D eigenvalue weighted by Gasteiger charge is -2.19. The Bertz CT molecular complexity index is 416. The summed E-state index contributed by atoms with van der Waals surface area (Å²) in [5.41, 5.74) is -3.43. The molecule has 1 aromatic rings. The molecule has 0 heterocycles. The van der Waals surface area contributed by atoms with Crippen molar-refractivity contribution >= 4 is 0 Å². The predicted molar refractivity (Wildman–Crippen MR) is 59.7 cm³/mol. The number of hydrogen-bond acceptors (Lipinski definition) is 0. The average Bonchev–Trinajstić information content (AvgIpc) is 2.26. The number of halogens is 6. The van der Waals surface area contributed by atoms with E-state index >= 15 is 0 Å². The van der Waals surface area contributed by atoms with Crippen molar-refractivity contribution in [2.75, 3.05) is 0 Å². The van der Waals surface area contributed by atoms with Crippen LogP contribution in [0.15, 0.2) is 18.2 Å². The van der Waals surface area contributed by atoms with Crippen LogP contribution >= 0.6 is 0 Å². The molecule has 0 bridgehead atoms. The summed E-state index contributed by atoms with van der Waals surface area (Å²) in [7, 11) is 0. The van der Waals surface area contributed by atoms with Crippen LogP contribution in [-0.4, -0.2) is 0 Å².